The summed E-state index contributed by atoms with van der Waals surface area (Å²) in [7, 11) is 0. The Bertz CT molecular complexity index is 465. The maximum Gasteiger partial charge on any atom is 0.226 e. The number of hydrogen-bond acceptors (Lipinski definition) is 6. The second kappa shape index (κ2) is 8.26. The summed E-state index contributed by atoms with van der Waals surface area (Å²) >= 11 is 0. The lowest BCUT2D eigenvalue weighted by Crippen LogP contribution is -2.51. The number of carbonyl (C=O) groups is 1. The molecule has 22 heavy (non-hydrogen) atoms. The van der Waals surface area contributed by atoms with E-state index in [1.807, 2.05) is 0 Å². The summed E-state index contributed by atoms with van der Waals surface area (Å²) in [6.07, 6.45) is 1.42. The predicted molar refractivity (Wildman–Crippen MR) is 83.7 cm³/mol. The van der Waals surface area contributed by atoms with Crippen molar-refractivity contribution in [2.24, 2.45) is 0 Å². The first-order valence-corrected chi connectivity index (χ1v) is 7.92. The molecular weight excluding hydrogens is 284 g/mol. The zero-order valence-electron chi connectivity index (χ0n) is 13.4. The zero-order valence-corrected chi connectivity index (χ0v) is 13.4. The number of carbonyl (C=O) groups excluding carboxylic acids is 1. The molecule has 0 aromatic carbocycles. The topological polar surface area (TPSA) is 81.8 Å². The molecular formula is C15H26N4O3. The Morgan fingerprint density at radius 3 is 2.73 bits per heavy atom. The second-order valence-electron chi connectivity index (χ2n) is 5.74. The predicted octanol–water partition coefficient (Wildman–Crippen LogP) is 0.700. The van der Waals surface area contributed by atoms with Gasteiger partial charge in [-0.25, -0.2) is 0 Å². The molecule has 7 heteroatoms. The van der Waals surface area contributed by atoms with Gasteiger partial charge in [-0.3, -0.25) is 9.69 Å². The fourth-order valence-corrected chi connectivity index (χ4v) is 2.75. The highest BCUT2D eigenvalue weighted by Gasteiger charge is 2.22. The number of aryl methyl sites for hydroxylation is 1. The largest absolute Gasteiger partial charge is 0.395 e. The summed E-state index contributed by atoms with van der Waals surface area (Å²) in [5.41, 5.74) is 0. The SMILES string of the molecule is CCC(CO)N1CCN(CCC(=O)Nc2cc(C)on2)CC1. The van der Waals surface area contributed by atoms with Gasteiger partial charge in [0.15, 0.2) is 5.82 Å². The molecule has 2 N–H and O–H groups in total. The van der Waals surface area contributed by atoms with Gasteiger partial charge in [-0.05, 0) is 13.3 Å². The zero-order chi connectivity index (χ0) is 15.9. The molecule has 1 saturated heterocycles. The van der Waals surface area contributed by atoms with E-state index in [9.17, 15) is 9.90 Å². The Kier molecular flexibility index (Phi) is 6.35. The van der Waals surface area contributed by atoms with Gasteiger partial charge in [0.2, 0.25) is 5.91 Å². The van der Waals surface area contributed by atoms with Crippen molar-refractivity contribution in [1.82, 2.24) is 15.0 Å². The second-order valence-corrected chi connectivity index (χ2v) is 5.74. The van der Waals surface area contributed by atoms with Crippen molar-refractivity contribution < 1.29 is 14.4 Å². The van der Waals surface area contributed by atoms with Crippen LogP contribution in [0.4, 0.5) is 5.82 Å². The maximum absolute atomic E-state index is 11.9. The van der Waals surface area contributed by atoms with Crippen molar-refractivity contribution in [2.75, 3.05) is 44.6 Å². The summed E-state index contributed by atoms with van der Waals surface area (Å²) in [6.45, 7) is 8.62. The molecule has 7 nitrogen and oxygen atoms in total. The van der Waals surface area contributed by atoms with Gasteiger partial charge in [-0.15, -0.1) is 0 Å². The van der Waals surface area contributed by atoms with Crippen molar-refractivity contribution in [2.45, 2.75) is 32.7 Å². The third-order valence-corrected chi connectivity index (χ3v) is 4.16. The number of piperazine rings is 1. The lowest BCUT2D eigenvalue weighted by atomic mass is 10.1. The molecule has 1 aromatic heterocycles. The Hall–Kier alpha value is -1.44. The van der Waals surface area contributed by atoms with Gasteiger partial charge in [0.1, 0.15) is 5.76 Å². The fraction of sp³-hybridized carbons (Fsp3) is 0.733. The van der Waals surface area contributed by atoms with Crippen LogP contribution in [0.1, 0.15) is 25.5 Å². The molecule has 0 spiro atoms. The molecule has 1 aliphatic heterocycles. The van der Waals surface area contributed by atoms with Crippen molar-refractivity contribution in [3.05, 3.63) is 11.8 Å². The quantitative estimate of drug-likeness (QED) is 0.771. The summed E-state index contributed by atoms with van der Waals surface area (Å²) < 4.78 is 4.91. The van der Waals surface area contributed by atoms with E-state index in [4.69, 9.17) is 4.52 Å². The lowest BCUT2D eigenvalue weighted by Gasteiger charge is -2.38. The van der Waals surface area contributed by atoms with Crippen LogP contribution in [0.15, 0.2) is 10.6 Å². The van der Waals surface area contributed by atoms with Gasteiger partial charge >= 0.3 is 0 Å². The highest BCUT2D eigenvalue weighted by Crippen LogP contribution is 2.10. The Morgan fingerprint density at radius 2 is 2.18 bits per heavy atom. The number of hydrogen-bond donors (Lipinski definition) is 2. The summed E-state index contributed by atoms with van der Waals surface area (Å²) in [5.74, 6) is 1.11. The maximum atomic E-state index is 11.9. The molecule has 2 heterocycles. The van der Waals surface area contributed by atoms with Gasteiger partial charge < -0.3 is 19.8 Å². The molecule has 1 unspecified atom stereocenters. The van der Waals surface area contributed by atoms with Crippen LogP contribution in [-0.2, 0) is 4.79 Å². The van der Waals surface area contributed by atoms with Crippen molar-refractivity contribution >= 4 is 11.7 Å². The van der Waals surface area contributed by atoms with Crippen LogP contribution in [0.25, 0.3) is 0 Å². The van der Waals surface area contributed by atoms with E-state index in [2.05, 4.69) is 27.2 Å². The average Bonchev–Trinajstić information content (AvgIpc) is 2.93. The van der Waals surface area contributed by atoms with Crippen molar-refractivity contribution in [1.29, 1.82) is 0 Å². The van der Waals surface area contributed by atoms with Gasteiger partial charge in [-0.2, -0.15) is 0 Å². The first-order valence-electron chi connectivity index (χ1n) is 7.92. The number of nitrogens with one attached hydrogen (secondary N) is 1. The van der Waals surface area contributed by atoms with Crippen LogP contribution in [0.3, 0.4) is 0 Å². The number of aliphatic hydroxyl groups is 1. The smallest absolute Gasteiger partial charge is 0.226 e. The van der Waals surface area contributed by atoms with E-state index in [-0.39, 0.29) is 18.6 Å². The first-order chi connectivity index (χ1) is 10.6. The normalized spacial score (nSPS) is 18.3. The Labute approximate surface area is 131 Å². The molecule has 2 rings (SSSR count). The molecule has 1 aliphatic rings. The number of amides is 1. The lowest BCUT2D eigenvalue weighted by molar-refractivity contribution is -0.116. The first kappa shape index (κ1) is 16.9. The van der Waals surface area contributed by atoms with Gasteiger partial charge in [0, 0.05) is 51.3 Å². The molecule has 1 amide bonds. The van der Waals surface area contributed by atoms with Crippen molar-refractivity contribution in [3.63, 3.8) is 0 Å². The van der Waals surface area contributed by atoms with E-state index >= 15 is 0 Å². The van der Waals surface area contributed by atoms with Crippen LogP contribution in [-0.4, -0.2) is 71.3 Å². The van der Waals surface area contributed by atoms with E-state index in [1.54, 1.807) is 13.0 Å². The Morgan fingerprint density at radius 1 is 1.45 bits per heavy atom. The van der Waals surface area contributed by atoms with Crippen molar-refractivity contribution in [3.8, 4) is 0 Å². The molecule has 1 aromatic rings. The monoisotopic (exact) mass is 310 g/mol. The molecule has 0 bridgehead atoms. The minimum absolute atomic E-state index is 0.0440. The van der Waals surface area contributed by atoms with E-state index in [0.717, 1.165) is 39.1 Å². The third kappa shape index (κ3) is 4.79. The molecule has 0 saturated carbocycles. The fourth-order valence-electron chi connectivity index (χ4n) is 2.75. The van der Waals surface area contributed by atoms with Gasteiger partial charge in [0.05, 0.1) is 6.61 Å². The highest BCUT2D eigenvalue weighted by atomic mass is 16.5. The number of nitrogens with zero attached hydrogens (tertiary/aromatic N) is 3. The Balaban J connectivity index is 1.67. The summed E-state index contributed by atoms with van der Waals surface area (Å²) in [5, 5.41) is 15.8. The number of rotatable bonds is 7. The molecule has 0 radical (unpaired) electrons. The van der Waals surface area contributed by atoms with Crippen LogP contribution in [0, 0.1) is 6.92 Å². The van der Waals surface area contributed by atoms with Crippen LogP contribution in [0.5, 0.6) is 0 Å². The number of aromatic nitrogens is 1. The van der Waals surface area contributed by atoms with Crippen LogP contribution in [0.2, 0.25) is 0 Å². The summed E-state index contributed by atoms with van der Waals surface area (Å²) in [6, 6.07) is 1.97. The molecule has 1 atom stereocenters. The van der Waals surface area contributed by atoms with Crippen LogP contribution >= 0.6 is 0 Å². The molecule has 0 aliphatic carbocycles. The van der Waals surface area contributed by atoms with E-state index in [0.29, 0.717) is 18.0 Å². The van der Waals surface area contributed by atoms with Gasteiger partial charge in [0.25, 0.3) is 0 Å². The number of anilines is 1. The average molecular weight is 310 g/mol. The van der Waals surface area contributed by atoms with E-state index < -0.39 is 0 Å². The highest BCUT2D eigenvalue weighted by molar-refractivity contribution is 5.89. The third-order valence-electron chi connectivity index (χ3n) is 4.16. The van der Waals surface area contributed by atoms with E-state index in [1.165, 1.54) is 0 Å². The van der Waals surface area contributed by atoms with Gasteiger partial charge in [-0.1, -0.05) is 12.1 Å². The van der Waals surface area contributed by atoms with Crippen LogP contribution < -0.4 is 5.32 Å². The standard InChI is InChI=1S/C15H26N4O3/c1-3-13(11-20)19-8-6-18(7-9-19)5-4-15(21)16-14-10-12(2)22-17-14/h10,13,20H,3-9,11H2,1-2H3,(H,16,17,21). The summed E-state index contributed by atoms with van der Waals surface area (Å²) in [4.78, 5) is 16.5. The minimum atomic E-state index is -0.0440. The minimum Gasteiger partial charge on any atom is -0.395 e. The molecule has 124 valence electrons. The number of aliphatic hydroxyl groups excluding tert-OH is 1. The molecule has 1 fully saturated rings.